The highest BCUT2D eigenvalue weighted by molar-refractivity contribution is 5.92. The number of aromatic nitrogens is 2. The van der Waals surface area contributed by atoms with Gasteiger partial charge in [-0.1, -0.05) is 0 Å². The molecule has 2 aromatic heterocycles. The zero-order chi connectivity index (χ0) is 13.4. The molecule has 0 unspecified atom stereocenters. The van der Waals surface area contributed by atoms with E-state index in [9.17, 15) is 9.59 Å². The van der Waals surface area contributed by atoms with E-state index in [4.69, 9.17) is 0 Å². The van der Waals surface area contributed by atoms with Crippen LogP contribution in [0, 0.1) is 0 Å². The smallest absolute Gasteiger partial charge is 0.267 e. The minimum absolute atomic E-state index is 0.0833. The first-order valence-corrected chi connectivity index (χ1v) is 5.40. The molecule has 0 aliphatic heterocycles. The molecule has 0 aromatic carbocycles. The largest absolute Gasteiger partial charge is 0.357 e. The topological polar surface area (TPSA) is 89.8 Å². The Labute approximate surface area is 105 Å². The maximum Gasteiger partial charge on any atom is 0.267 e. The Kier molecular flexibility index (Phi) is 5.24. The fourth-order valence-corrected chi connectivity index (χ4v) is 1.21. The number of carbonyl (C=O) groups is 2. The fraction of sp³-hybridized carbons (Fsp3) is 0.167. The predicted molar refractivity (Wildman–Crippen MR) is 68.4 cm³/mol. The number of hydrogen-bond acceptors (Lipinski definition) is 2. The highest BCUT2D eigenvalue weighted by Gasteiger charge is 2.00. The SMILES string of the molecule is CNC(=O)c1ccc[nH]1.CNC(=O)c1ccc[nH]1. The Morgan fingerprint density at radius 1 is 0.889 bits per heavy atom. The minimum Gasteiger partial charge on any atom is -0.357 e. The molecule has 2 amide bonds. The van der Waals surface area contributed by atoms with Gasteiger partial charge in [-0.05, 0) is 24.3 Å². The van der Waals surface area contributed by atoms with Crippen molar-refractivity contribution in [2.75, 3.05) is 14.1 Å². The second kappa shape index (κ2) is 6.95. The van der Waals surface area contributed by atoms with Crippen LogP contribution < -0.4 is 10.6 Å². The number of H-pyrrole nitrogens is 2. The van der Waals surface area contributed by atoms with Crippen LogP contribution in [0.5, 0.6) is 0 Å². The summed E-state index contributed by atoms with van der Waals surface area (Å²) in [6, 6.07) is 7.01. The highest BCUT2D eigenvalue weighted by atomic mass is 16.2. The van der Waals surface area contributed by atoms with Crippen molar-refractivity contribution in [2.24, 2.45) is 0 Å². The van der Waals surface area contributed by atoms with Crippen molar-refractivity contribution in [1.82, 2.24) is 20.6 Å². The zero-order valence-electron chi connectivity index (χ0n) is 10.3. The van der Waals surface area contributed by atoms with E-state index < -0.39 is 0 Å². The lowest BCUT2D eigenvalue weighted by atomic mass is 10.4. The second-order valence-electron chi connectivity index (χ2n) is 3.33. The summed E-state index contributed by atoms with van der Waals surface area (Å²) in [6.07, 6.45) is 3.43. The van der Waals surface area contributed by atoms with E-state index in [0.29, 0.717) is 11.4 Å². The Morgan fingerprint density at radius 3 is 1.50 bits per heavy atom. The van der Waals surface area contributed by atoms with Gasteiger partial charge in [-0.15, -0.1) is 0 Å². The van der Waals surface area contributed by atoms with Gasteiger partial charge in [0.15, 0.2) is 0 Å². The quantitative estimate of drug-likeness (QED) is 0.631. The summed E-state index contributed by atoms with van der Waals surface area (Å²) in [7, 11) is 3.20. The van der Waals surface area contributed by atoms with Crippen molar-refractivity contribution >= 4 is 11.8 Å². The number of hydrogen-bond donors (Lipinski definition) is 4. The average molecular weight is 248 g/mol. The molecule has 0 saturated carbocycles. The van der Waals surface area contributed by atoms with Gasteiger partial charge < -0.3 is 20.6 Å². The monoisotopic (exact) mass is 248 g/mol. The van der Waals surface area contributed by atoms with Crippen LogP contribution in [0.1, 0.15) is 21.0 Å². The number of nitrogens with one attached hydrogen (secondary N) is 4. The lowest BCUT2D eigenvalue weighted by Gasteiger charge is -1.91. The molecule has 0 bridgehead atoms. The predicted octanol–water partition coefficient (Wildman–Crippen LogP) is 0.749. The van der Waals surface area contributed by atoms with Gasteiger partial charge in [0.1, 0.15) is 11.4 Å². The summed E-state index contributed by atoms with van der Waals surface area (Å²) in [5.74, 6) is -0.167. The molecule has 6 heteroatoms. The van der Waals surface area contributed by atoms with Crippen LogP contribution in [0.4, 0.5) is 0 Å². The Balaban J connectivity index is 0.000000180. The van der Waals surface area contributed by atoms with Gasteiger partial charge in [0.25, 0.3) is 11.8 Å². The van der Waals surface area contributed by atoms with Gasteiger partial charge in [-0.2, -0.15) is 0 Å². The molecule has 0 radical (unpaired) electrons. The molecule has 0 aliphatic carbocycles. The van der Waals surface area contributed by atoms with Crippen LogP contribution in [-0.4, -0.2) is 35.9 Å². The Morgan fingerprint density at radius 2 is 1.28 bits per heavy atom. The van der Waals surface area contributed by atoms with Crippen LogP contribution in [-0.2, 0) is 0 Å². The van der Waals surface area contributed by atoms with Gasteiger partial charge in [-0.25, -0.2) is 0 Å². The van der Waals surface area contributed by atoms with Crippen LogP contribution in [0.2, 0.25) is 0 Å². The molecule has 0 saturated heterocycles. The number of amides is 2. The maximum absolute atomic E-state index is 10.7. The third-order valence-corrected chi connectivity index (χ3v) is 2.14. The van der Waals surface area contributed by atoms with Crippen molar-refractivity contribution < 1.29 is 9.59 Å². The summed E-state index contributed by atoms with van der Waals surface area (Å²) in [5, 5.41) is 4.99. The van der Waals surface area contributed by atoms with Gasteiger partial charge >= 0.3 is 0 Å². The fourth-order valence-electron chi connectivity index (χ4n) is 1.21. The molecule has 0 fully saturated rings. The van der Waals surface area contributed by atoms with Crippen LogP contribution >= 0.6 is 0 Å². The van der Waals surface area contributed by atoms with Crippen LogP contribution in [0.25, 0.3) is 0 Å². The van der Waals surface area contributed by atoms with E-state index in [-0.39, 0.29) is 11.8 Å². The van der Waals surface area contributed by atoms with E-state index in [1.165, 1.54) is 0 Å². The first-order valence-electron chi connectivity index (χ1n) is 5.40. The molecule has 96 valence electrons. The van der Waals surface area contributed by atoms with Gasteiger partial charge in [0.05, 0.1) is 0 Å². The number of aromatic amines is 2. The molecule has 4 N–H and O–H groups in total. The second-order valence-corrected chi connectivity index (χ2v) is 3.33. The Hall–Kier alpha value is -2.50. The highest BCUT2D eigenvalue weighted by Crippen LogP contribution is 1.92. The molecule has 18 heavy (non-hydrogen) atoms. The van der Waals surface area contributed by atoms with Crippen molar-refractivity contribution in [3.8, 4) is 0 Å². The molecule has 0 aliphatic rings. The summed E-state index contributed by atoms with van der Waals surface area (Å²) in [5.41, 5.74) is 1.19. The lowest BCUT2D eigenvalue weighted by Crippen LogP contribution is -2.17. The van der Waals surface area contributed by atoms with Crippen LogP contribution in [0.3, 0.4) is 0 Å². The maximum atomic E-state index is 10.7. The van der Waals surface area contributed by atoms with Crippen molar-refractivity contribution in [2.45, 2.75) is 0 Å². The zero-order valence-corrected chi connectivity index (χ0v) is 10.3. The van der Waals surface area contributed by atoms with Gasteiger partial charge in [-0.3, -0.25) is 9.59 Å². The standard InChI is InChI=1S/2C6H8N2O/c2*1-7-6(9)5-3-2-4-8-5/h2*2-4,8H,1H3,(H,7,9). The molecule has 6 nitrogen and oxygen atoms in total. The molecule has 2 heterocycles. The first-order chi connectivity index (χ1) is 8.69. The van der Waals surface area contributed by atoms with E-state index in [1.54, 1.807) is 50.8 Å². The molecular weight excluding hydrogens is 232 g/mol. The van der Waals surface area contributed by atoms with E-state index in [0.717, 1.165) is 0 Å². The summed E-state index contributed by atoms with van der Waals surface area (Å²) in [6.45, 7) is 0. The number of carbonyl (C=O) groups excluding carboxylic acids is 2. The van der Waals surface area contributed by atoms with Crippen molar-refractivity contribution in [3.63, 3.8) is 0 Å². The third kappa shape index (κ3) is 3.82. The minimum atomic E-state index is -0.0833. The molecule has 2 rings (SSSR count). The molecule has 0 atom stereocenters. The van der Waals surface area contributed by atoms with Gasteiger partial charge in [0, 0.05) is 26.5 Å². The van der Waals surface area contributed by atoms with E-state index >= 15 is 0 Å². The summed E-state index contributed by atoms with van der Waals surface area (Å²) < 4.78 is 0. The lowest BCUT2D eigenvalue weighted by molar-refractivity contribution is 0.0951. The van der Waals surface area contributed by atoms with E-state index in [2.05, 4.69) is 20.6 Å². The van der Waals surface area contributed by atoms with Crippen molar-refractivity contribution in [3.05, 3.63) is 48.0 Å². The van der Waals surface area contributed by atoms with E-state index in [1.807, 2.05) is 0 Å². The normalized spacial score (nSPS) is 9.00. The first kappa shape index (κ1) is 13.6. The molecule has 0 spiro atoms. The summed E-state index contributed by atoms with van der Waals surface area (Å²) >= 11 is 0. The molecular formula is C12H16N4O2. The average Bonchev–Trinajstić information content (AvgIpc) is 3.09. The third-order valence-electron chi connectivity index (χ3n) is 2.14. The number of rotatable bonds is 2. The van der Waals surface area contributed by atoms with Crippen LogP contribution in [0.15, 0.2) is 36.7 Å². The molecule has 2 aromatic rings. The summed E-state index contributed by atoms with van der Waals surface area (Å²) in [4.78, 5) is 27.0. The Bertz CT molecular complexity index is 428. The van der Waals surface area contributed by atoms with Gasteiger partial charge in [0.2, 0.25) is 0 Å². The van der Waals surface area contributed by atoms with Crippen molar-refractivity contribution in [1.29, 1.82) is 0 Å².